The van der Waals surface area contributed by atoms with E-state index >= 15 is 0 Å². The molecule has 0 spiro atoms. The Morgan fingerprint density at radius 2 is 2.05 bits per heavy atom. The summed E-state index contributed by atoms with van der Waals surface area (Å²) >= 11 is 0. The Morgan fingerprint density at radius 3 is 3.00 bits per heavy atom. The lowest BCUT2D eigenvalue weighted by atomic mass is 10.0. The molecule has 0 radical (unpaired) electrons. The molecule has 0 bridgehead atoms. The van der Waals surface area contributed by atoms with Gasteiger partial charge in [-0.15, -0.1) is 0 Å². The topological polar surface area (TPSA) is 27.8 Å². The molecule has 2 heteroatoms. The molecule has 1 heterocycles. The number of H-pyrrole nitrogens is 1. The predicted octanol–water partition coefficient (Wildman–Crippen LogP) is 4.27. The van der Waals surface area contributed by atoms with Crippen molar-refractivity contribution in [1.82, 2.24) is 10.3 Å². The maximum absolute atomic E-state index is 3.77. The van der Waals surface area contributed by atoms with Crippen LogP contribution < -0.4 is 5.32 Å². The number of para-hydroxylation sites is 1. The van der Waals surface area contributed by atoms with Crippen LogP contribution in [0.4, 0.5) is 0 Å². The highest BCUT2D eigenvalue weighted by atomic mass is 14.9. The maximum Gasteiger partial charge on any atom is 0.0456 e. The van der Waals surface area contributed by atoms with Crippen LogP contribution in [0.3, 0.4) is 0 Å². The number of hydrogen-bond donors (Lipinski definition) is 2. The summed E-state index contributed by atoms with van der Waals surface area (Å²) in [5.41, 5.74) is 2.70. The average Bonchev–Trinajstić information content (AvgIpc) is 2.76. The highest BCUT2D eigenvalue weighted by Gasteiger charge is 2.15. The normalized spacial score (nSPS) is 23.9. The zero-order chi connectivity index (χ0) is 13.8. The highest BCUT2D eigenvalue weighted by Crippen LogP contribution is 2.23. The third-order valence-electron chi connectivity index (χ3n) is 4.76. The van der Waals surface area contributed by atoms with Gasteiger partial charge in [-0.1, -0.05) is 38.0 Å². The van der Waals surface area contributed by atoms with Gasteiger partial charge >= 0.3 is 0 Å². The summed E-state index contributed by atoms with van der Waals surface area (Å²) in [7, 11) is 0. The van der Waals surface area contributed by atoms with Crippen LogP contribution in [0.1, 0.15) is 44.6 Å². The molecule has 1 aromatic heterocycles. The van der Waals surface area contributed by atoms with Crippen LogP contribution in [0.15, 0.2) is 30.5 Å². The van der Waals surface area contributed by atoms with Crippen molar-refractivity contribution in [3.63, 3.8) is 0 Å². The van der Waals surface area contributed by atoms with E-state index in [-0.39, 0.29) is 0 Å². The van der Waals surface area contributed by atoms with E-state index in [0.717, 1.165) is 24.9 Å². The minimum Gasteiger partial charge on any atom is -0.361 e. The molecule has 0 aliphatic heterocycles. The number of rotatable bonds is 4. The van der Waals surface area contributed by atoms with Gasteiger partial charge in [-0.05, 0) is 49.8 Å². The van der Waals surface area contributed by atoms with Gasteiger partial charge in [0.2, 0.25) is 0 Å². The van der Waals surface area contributed by atoms with Gasteiger partial charge in [0.25, 0.3) is 0 Å². The lowest BCUT2D eigenvalue weighted by molar-refractivity contribution is 0.451. The molecule has 0 saturated heterocycles. The van der Waals surface area contributed by atoms with Crippen molar-refractivity contribution in [2.45, 2.75) is 51.5 Å². The Hall–Kier alpha value is -1.28. The minimum absolute atomic E-state index is 0.741. The van der Waals surface area contributed by atoms with Crippen molar-refractivity contribution in [2.75, 3.05) is 6.54 Å². The number of fused-ring (bicyclic) bond motifs is 1. The number of aromatic amines is 1. The van der Waals surface area contributed by atoms with Crippen molar-refractivity contribution in [1.29, 1.82) is 0 Å². The van der Waals surface area contributed by atoms with Gasteiger partial charge < -0.3 is 10.3 Å². The van der Waals surface area contributed by atoms with E-state index in [1.54, 1.807) is 0 Å². The first-order valence-electron chi connectivity index (χ1n) is 8.11. The molecule has 108 valence electrons. The number of hydrogen-bond acceptors (Lipinski definition) is 1. The van der Waals surface area contributed by atoms with Crippen LogP contribution in [0, 0.1) is 5.92 Å². The quantitative estimate of drug-likeness (QED) is 0.798. The molecule has 3 rings (SSSR count). The summed E-state index contributed by atoms with van der Waals surface area (Å²) in [6, 6.07) is 9.33. The zero-order valence-electron chi connectivity index (χ0n) is 12.5. The second-order valence-corrected chi connectivity index (χ2v) is 6.37. The number of aromatic nitrogens is 1. The van der Waals surface area contributed by atoms with Crippen molar-refractivity contribution < 1.29 is 0 Å². The molecule has 2 unspecified atom stereocenters. The largest absolute Gasteiger partial charge is 0.361 e. The lowest BCUT2D eigenvalue weighted by Gasteiger charge is -2.16. The number of nitrogens with one attached hydrogen (secondary N) is 2. The van der Waals surface area contributed by atoms with Crippen LogP contribution >= 0.6 is 0 Å². The van der Waals surface area contributed by atoms with E-state index in [4.69, 9.17) is 0 Å². The van der Waals surface area contributed by atoms with E-state index in [9.17, 15) is 0 Å². The summed E-state index contributed by atoms with van der Waals surface area (Å²) in [6.07, 6.45) is 10.2. The molecule has 1 aliphatic carbocycles. The molecule has 20 heavy (non-hydrogen) atoms. The lowest BCUT2D eigenvalue weighted by Crippen LogP contribution is -2.30. The fraction of sp³-hybridized carbons (Fsp3) is 0.556. The third kappa shape index (κ3) is 3.24. The molecule has 2 atom stereocenters. The van der Waals surface area contributed by atoms with Gasteiger partial charge in [0.05, 0.1) is 0 Å². The smallest absolute Gasteiger partial charge is 0.0456 e. The highest BCUT2D eigenvalue weighted by molar-refractivity contribution is 5.83. The fourth-order valence-corrected chi connectivity index (χ4v) is 3.44. The van der Waals surface area contributed by atoms with Gasteiger partial charge in [0.1, 0.15) is 0 Å². The van der Waals surface area contributed by atoms with E-state index in [0.29, 0.717) is 0 Å². The summed E-state index contributed by atoms with van der Waals surface area (Å²) in [5.74, 6) is 0.926. The molecule has 1 saturated carbocycles. The summed E-state index contributed by atoms with van der Waals surface area (Å²) in [6.45, 7) is 3.50. The van der Waals surface area contributed by atoms with Crippen molar-refractivity contribution in [3.05, 3.63) is 36.0 Å². The standard InChI is InChI=1S/C18H26N2/c1-14-5-4-6-16(10-9-14)19-12-11-15-13-20-18-8-3-2-7-17(15)18/h2-3,7-8,13-14,16,19-20H,4-6,9-12H2,1H3. The molecule has 2 aromatic rings. The minimum atomic E-state index is 0.741. The van der Waals surface area contributed by atoms with Gasteiger partial charge in [-0.2, -0.15) is 0 Å². The van der Waals surface area contributed by atoms with Crippen LogP contribution in [0.5, 0.6) is 0 Å². The Morgan fingerprint density at radius 1 is 1.15 bits per heavy atom. The van der Waals surface area contributed by atoms with Crippen LogP contribution in [-0.2, 0) is 6.42 Å². The van der Waals surface area contributed by atoms with Crippen molar-refractivity contribution in [2.24, 2.45) is 5.92 Å². The predicted molar refractivity (Wildman–Crippen MR) is 86.0 cm³/mol. The van der Waals surface area contributed by atoms with Crippen molar-refractivity contribution >= 4 is 10.9 Å². The first-order valence-corrected chi connectivity index (χ1v) is 8.11. The molecule has 2 nitrogen and oxygen atoms in total. The summed E-state index contributed by atoms with van der Waals surface area (Å²) in [4.78, 5) is 3.36. The van der Waals surface area contributed by atoms with E-state index in [1.165, 1.54) is 48.6 Å². The molecule has 2 N–H and O–H groups in total. The average molecular weight is 270 g/mol. The van der Waals surface area contributed by atoms with E-state index in [1.807, 2.05) is 0 Å². The Labute approximate surface area is 122 Å². The molecular formula is C18H26N2. The molecule has 0 amide bonds. The first kappa shape index (κ1) is 13.7. The first-order chi connectivity index (χ1) is 9.83. The summed E-state index contributed by atoms with van der Waals surface area (Å²) < 4.78 is 0. The number of benzene rings is 1. The van der Waals surface area contributed by atoms with Gasteiger partial charge in [0.15, 0.2) is 0 Å². The van der Waals surface area contributed by atoms with E-state index < -0.39 is 0 Å². The van der Waals surface area contributed by atoms with Crippen LogP contribution in [0.2, 0.25) is 0 Å². The molecule has 1 aliphatic rings. The van der Waals surface area contributed by atoms with E-state index in [2.05, 4.69) is 47.7 Å². The Kier molecular flexibility index (Phi) is 4.41. The summed E-state index contributed by atoms with van der Waals surface area (Å²) in [5, 5.41) is 5.15. The fourth-order valence-electron chi connectivity index (χ4n) is 3.44. The molecular weight excluding hydrogens is 244 g/mol. The Balaban J connectivity index is 1.52. The van der Waals surface area contributed by atoms with Crippen molar-refractivity contribution in [3.8, 4) is 0 Å². The second-order valence-electron chi connectivity index (χ2n) is 6.37. The Bertz CT molecular complexity index is 543. The molecule has 1 aromatic carbocycles. The second kappa shape index (κ2) is 6.45. The SMILES string of the molecule is CC1CCCC(NCCc2c[nH]c3ccccc23)CC1. The zero-order valence-corrected chi connectivity index (χ0v) is 12.5. The van der Waals surface area contributed by atoms with Crippen LogP contribution in [0.25, 0.3) is 10.9 Å². The van der Waals surface area contributed by atoms with Crippen LogP contribution in [-0.4, -0.2) is 17.6 Å². The van der Waals surface area contributed by atoms with Gasteiger partial charge in [0, 0.05) is 23.1 Å². The molecule has 1 fully saturated rings. The van der Waals surface area contributed by atoms with Gasteiger partial charge in [-0.3, -0.25) is 0 Å². The third-order valence-corrected chi connectivity index (χ3v) is 4.76. The van der Waals surface area contributed by atoms with Gasteiger partial charge in [-0.25, -0.2) is 0 Å². The maximum atomic E-state index is 3.77. The monoisotopic (exact) mass is 270 g/mol.